The lowest BCUT2D eigenvalue weighted by Crippen LogP contribution is -2.43. The molecule has 1 aliphatic rings. The molecular weight excluding hydrogens is 194 g/mol. The van der Waals surface area contributed by atoms with Crippen molar-refractivity contribution in [2.24, 2.45) is 11.8 Å². The zero-order valence-corrected chi connectivity index (χ0v) is 10.1. The van der Waals surface area contributed by atoms with Crippen molar-refractivity contribution >= 4 is 18.5 Å². The van der Waals surface area contributed by atoms with Gasteiger partial charge in [0.15, 0.2) is 0 Å². The first kappa shape index (κ1) is 11.9. The average molecular weight is 215 g/mol. The van der Waals surface area contributed by atoms with E-state index in [0.29, 0.717) is 11.8 Å². The molecular formula is C11H21NOS. The molecule has 0 aromatic rings. The Morgan fingerprint density at radius 2 is 2.36 bits per heavy atom. The Morgan fingerprint density at radius 1 is 1.64 bits per heavy atom. The lowest BCUT2D eigenvalue weighted by molar-refractivity contribution is -0.138. The van der Waals surface area contributed by atoms with Crippen molar-refractivity contribution in [1.82, 2.24) is 4.90 Å². The van der Waals surface area contributed by atoms with E-state index in [4.69, 9.17) is 0 Å². The van der Waals surface area contributed by atoms with Crippen LogP contribution < -0.4 is 0 Å². The third kappa shape index (κ3) is 2.91. The predicted octanol–water partition coefficient (Wildman–Crippen LogP) is 2.20. The number of nitrogens with zero attached hydrogens (tertiary/aromatic N) is 1. The standard InChI is InChI=1S/C11H21NOS/c1-3-10(8-14)7-12-6-4-5-9(2)11(12)13/h9-10,14H,3-8H2,1-2H3. The molecule has 1 aliphatic heterocycles. The van der Waals surface area contributed by atoms with E-state index in [1.165, 1.54) is 0 Å². The normalized spacial score (nSPS) is 25.2. The minimum atomic E-state index is 0.237. The Hall–Kier alpha value is -0.180. The second-order valence-electron chi connectivity index (χ2n) is 4.28. The fraction of sp³-hybridized carbons (Fsp3) is 0.909. The van der Waals surface area contributed by atoms with Crippen LogP contribution >= 0.6 is 12.6 Å². The maximum atomic E-state index is 11.8. The van der Waals surface area contributed by atoms with Gasteiger partial charge in [-0.05, 0) is 24.5 Å². The summed E-state index contributed by atoms with van der Waals surface area (Å²) in [5.74, 6) is 2.03. The monoisotopic (exact) mass is 215 g/mol. The van der Waals surface area contributed by atoms with Gasteiger partial charge >= 0.3 is 0 Å². The summed E-state index contributed by atoms with van der Waals surface area (Å²) in [6.45, 7) is 6.06. The van der Waals surface area contributed by atoms with E-state index in [-0.39, 0.29) is 5.92 Å². The van der Waals surface area contributed by atoms with E-state index in [2.05, 4.69) is 19.6 Å². The van der Waals surface area contributed by atoms with Crippen molar-refractivity contribution in [1.29, 1.82) is 0 Å². The van der Waals surface area contributed by atoms with E-state index < -0.39 is 0 Å². The van der Waals surface area contributed by atoms with Gasteiger partial charge in [-0.1, -0.05) is 20.3 Å². The molecule has 1 heterocycles. The molecule has 3 heteroatoms. The fourth-order valence-electron chi connectivity index (χ4n) is 1.94. The van der Waals surface area contributed by atoms with Crippen LogP contribution in [-0.2, 0) is 4.79 Å². The molecule has 0 aliphatic carbocycles. The maximum Gasteiger partial charge on any atom is 0.225 e. The number of likely N-dealkylation sites (tertiary alicyclic amines) is 1. The van der Waals surface area contributed by atoms with Gasteiger partial charge in [-0.3, -0.25) is 4.79 Å². The van der Waals surface area contributed by atoms with E-state index >= 15 is 0 Å². The highest BCUT2D eigenvalue weighted by atomic mass is 32.1. The quantitative estimate of drug-likeness (QED) is 0.713. The molecule has 2 atom stereocenters. The van der Waals surface area contributed by atoms with Crippen LogP contribution in [0.3, 0.4) is 0 Å². The van der Waals surface area contributed by atoms with Gasteiger partial charge < -0.3 is 4.90 Å². The topological polar surface area (TPSA) is 20.3 Å². The van der Waals surface area contributed by atoms with Gasteiger partial charge in [-0.2, -0.15) is 12.6 Å². The number of amides is 1. The van der Waals surface area contributed by atoms with Crippen LogP contribution in [0.25, 0.3) is 0 Å². The number of hydrogen-bond donors (Lipinski definition) is 1. The number of piperidine rings is 1. The summed E-state index contributed by atoms with van der Waals surface area (Å²) in [5.41, 5.74) is 0. The minimum absolute atomic E-state index is 0.237. The number of thiol groups is 1. The Morgan fingerprint density at radius 3 is 2.93 bits per heavy atom. The number of hydrogen-bond acceptors (Lipinski definition) is 2. The third-order valence-corrected chi connectivity index (χ3v) is 3.63. The van der Waals surface area contributed by atoms with Crippen LogP contribution in [0.1, 0.15) is 33.1 Å². The van der Waals surface area contributed by atoms with Crippen molar-refractivity contribution < 1.29 is 4.79 Å². The summed E-state index contributed by atoms with van der Waals surface area (Å²) in [6.07, 6.45) is 3.34. The van der Waals surface area contributed by atoms with Crippen LogP contribution in [0.2, 0.25) is 0 Å². The van der Waals surface area contributed by atoms with Gasteiger partial charge in [-0.15, -0.1) is 0 Å². The van der Waals surface area contributed by atoms with E-state index in [9.17, 15) is 4.79 Å². The molecule has 0 saturated carbocycles. The fourth-order valence-corrected chi connectivity index (χ4v) is 2.32. The molecule has 0 radical (unpaired) electrons. The predicted molar refractivity (Wildman–Crippen MR) is 62.6 cm³/mol. The molecule has 0 N–H and O–H groups in total. The zero-order valence-electron chi connectivity index (χ0n) is 9.20. The van der Waals surface area contributed by atoms with Gasteiger partial charge in [0.05, 0.1) is 0 Å². The number of rotatable bonds is 4. The third-order valence-electron chi connectivity index (χ3n) is 3.11. The maximum absolute atomic E-state index is 11.8. The second-order valence-corrected chi connectivity index (χ2v) is 4.65. The van der Waals surface area contributed by atoms with Crippen LogP contribution in [0, 0.1) is 11.8 Å². The highest BCUT2D eigenvalue weighted by Gasteiger charge is 2.26. The highest BCUT2D eigenvalue weighted by Crippen LogP contribution is 2.19. The highest BCUT2D eigenvalue weighted by molar-refractivity contribution is 7.80. The zero-order chi connectivity index (χ0) is 10.6. The molecule has 1 fully saturated rings. The smallest absolute Gasteiger partial charge is 0.225 e. The van der Waals surface area contributed by atoms with Crippen molar-refractivity contribution in [3.05, 3.63) is 0 Å². The van der Waals surface area contributed by atoms with Crippen molar-refractivity contribution in [3.63, 3.8) is 0 Å². The Labute approximate surface area is 92.5 Å². The number of carbonyl (C=O) groups excluding carboxylic acids is 1. The molecule has 1 amide bonds. The van der Waals surface area contributed by atoms with Crippen LogP contribution in [0.5, 0.6) is 0 Å². The van der Waals surface area contributed by atoms with Crippen LogP contribution in [0.4, 0.5) is 0 Å². The largest absolute Gasteiger partial charge is 0.342 e. The molecule has 0 spiro atoms. The lowest BCUT2D eigenvalue weighted by atomic mass is 9.97. The first-order valence-electron chi connectivity index (χ1n) is 5.58. The minimum Gasteiger partial charge on any atom is -0.342 e. The van der Waals surface area contributed by atoms with Gasteiger partial charge in [0.25, 0.3) is 0 Å². The van der Waals surface area contributed by atoms with Crippen molar-refractivity contribution in [3.8, 4) is 0 Å². The first-order valence-corrected chi connectivity index (χ1v) is 6.21. The molecule has 1 saturated heterocycles. The molecule has 1 rings (SSSR count). The number of carbonyl (C=O) groups is 1. The Bertz CT molecular complexity index is 192. The molecule has 0 aromatic heterocycles. The summed E-state index contributed by atoms with van der Waals surface area (Å²) in [4.78, 5) is 13.8. The summed E-state index contributed by atoms with van der Waals surface area (Å²) in [5, 5.41) is 0. The molecule has 0 bridgehead atoms. The van der Waals surface area contributed by atoms with E-state index in [1.54, 1.807) is 0 Å². The second kappa shape index (κ2) is 5.64. The van der Waals surface area contributed by atoms with Gasteiger partial charge in [0.2, 0.25) is 5.91 Å². The van der Waals surface area contributed by atoms with Gasteiger partial charge in [0, 0.05) is 19.0 Å². The lowest BCUT2D eigenvalue weighted by Gasteiger charge is -2.33. The summed E-state index contributed by atoms with van der Waals surface area (Å²) < 4.78 is 0. The summed E-state index contributed by atoms with van der Waals surface area (Å²) in [7, 11) is 0. The van der Waals surface area contributed by atoms with Crippen molar-refractivity contribution in [2.75, 3.05) is 18.8 Å². The summed E-state index contributed by atoms with van der Waals surface area (Å²) >= 11 is 4.31. The SMILES string of the molecule is CCC(CS)CN1CCCC(C)C1=O. The van der Waals surface area contributed by atoms with Gasteiger partial charge in [0.1, 0.15) is 0 Å². The Kier molecular flexibility index (Phi) is 4.79. The average Bonchev–Trinajstić information content (AvgIpc) is 2.20. The molecule has 0 aromatic carbocycles. The van der Waals surface area contributed by atoms with Crippen molar-refractivity contribution in [2.45, 2.75) is 33.1 Å². The molecule has 2 nitrogen and oxygen atoms in total. The molecule has 82 valence electrons. The first-order chi connectivity index (χ1) is 6.69. The Balaban J connectivity index is 2.46. The van der Waals surface area contributed by atoms with E-state index in [0.717, 1.165) is 38.1 Å². The van der Waals surface area contributed by atoms with E-state index in [1.807, 2.05) is 11.8 Å². The van der Waals surface area contributed by atoms with Crippen LogP contribution in [-0.4, -0.2) is 29.6 Å². The van der Waals surface area contributed by atoms with Crippen LogP contribution in [0.15, 0.2) is 0 Å². The van der Waals surface area contributed by atoms with Gasteiger partial charge in [-0.25, -0.2) is 0 Å². The summed E-state index contributed by atoms with van der Waals surface area (Å²) in [6, 6.07) is 0. The molecule has 2 unspecified atom stereocenters. The molecule has 14 heavy (non-hydrogen) atoms.